The number of fused-ring (bicyclic) bond motifs is 1. The number of allylic oxidation sites excluding steroid dienone is 1. The molecule has 0 spiro atoms. The van der Waals surface area contributed by atoms with Crippen LogP contribution in [0.15, 0.2) is 11.6 Å². The summed E-state index contributed by atoms with van der Waals surface area (Å²) in [5.41, 5.74) is 1.30. The number of hydrogen-bond acceptors (Lipinski definition) is 1. The molecule has 3 atom stereocenters. The summed E-state index contributed by atoms with van der Waals surface area (Å²) in [5.74, 6) is 0.663. The third kappa shape index (κ3) is 1.91. The van der Waals surface area contributed by atoms with E-state index in [9.17, 15) is 5.11 Å². The molecule has 2 rings (SSSR count). The van der Waals surface area contributed by atoms with E-state index in [1.807, 2.05) is 6.92 Å². The van der Waals surface area contributed by atoms with Crippen molar-refractivity contribution in [3.05, 3.63) is 11.6 Å². The lowest BCUT2D eigenvalue weighted by Gasteiger charge is -2.48. The molecule has 0 aromatic heterocycles. The smallest absolute Gasteiger partial charge is 0.0782 e. The minimum Gasteiger partial charge on any atom is -0.389 e. The van der Waals surface area contributed by atoms with Crippen LogP contribution in [0.3, 0.4) is 0 Å². The number of aliphatic hydroxyl groups is 1. The van der Waals surface area contributed by atoms with Gasteiger partial charge in [-0.05, 0) is 43.9 Å². The molecular weight excluding hydrogens is 252 g/mol. The Morgan fingerprint density at radius 2 is 2.00 bits per heavy atom. The van der Waals surface area contributed by atoms with Gasteiger partial charge in [-0.3, -0.25) is 0 Å². The van der Waals surface area contributed by atoms with Crippen molar-refractivity contribution in [1.82, 2.24) is 0 Å². The predicted molar refractivity (Wildman–Crippen MR) is 67.2 cm³/mol. The zero-order chi connectivity index (χ0) is 11.3. The van der Waals surface area contributed by atoms with Crippen molar-refractivity contribution >= 4 is 15.9 Å². The average molecular weight is 273 g/mol. The average Bonchev–Trinajstić information content (AvgIpc) is 2.11. The lowest BCUT2D eigenvalue weighted by Crippen LogP contribution is -2.47. The van der Waals surface area contributed by atoms with Gasteiger partial charge < -0.3 is 5.11 Å². The second kappa shape index (κ2) is 3.59. The second-order valence-electron chi connectivity index (χ2n) is 6.04. The van der Waals surface area contributed by atoms with E-state index in [4.69, 9.17) is 0 Å². The number of hydrogen-bond donors (Lipinski definition) is 1. The first-order valence-electron chi connectivity index (χ1n) is 5.91. The van der Waals surface area contributed by atoms with E-state index in [0.717, 1.165) is 19.3 Å². The van der Waals surface area contributed by atoms with Crippen LogP contribution in [0, 0.1) is 11.3 Å². The fraction of sp³-hybridized carbons (Fsp3) is 0.846. The molecule has 0 heterocycles. The van der Waals surface area contributed by atoms with Crippen LogP contribution in [-0.4, -0.2) is 15.5 Å². The van der Waals surface area contributed by atoms with Crippen LogP contribution in [-0.2, 0) is 0 Å². The Kier molecular flexibility index (Phi) is 2.79. The van der Waals surface area contributed by atoms with Gasteiger partial charge in [0, 0.05) is 0 Å². The van der Waals surface area contributed by atoms with Gasteiger partial charge in [-0.2, -0.15) is 0 Å². The highest BCUT2D eigenvalue weighted by atomic mass is 79.9. The van der Waals surface area contributed by atoms with Crippen molar-refractivity contribution in [2.75, 3.05) is 0 Å². The first kappa shape index (κ1) is 11.7. The normalized spacial score (nSPS) is 44.5. The molecule has 0 radical (unpaired) electrons. The molecule has 0 aliphatic heterocycles. The van der Waals surface area contributed by atoms with Gasteiger partial charge in [0.05, 0.1) is 10.4 Å². The van der Waals surface area contributed by atoms with E-state index < -0.39 is 5.60 Å². The molecule has 0 aromatic rings. The highest BCUT2D eigenvalue weighted by Crippen LogP contribution is 2.51. The third-order valence-electron chi connectivity index (χ3n) is 4.29. The molecule has 0 bridgehead atoms. The Hall–Kier alpha value is 0.180. The minimum atomic E-state index is -0.560. The highest BCUT2D eigenvalue weighted by Gasteiger charge is 2.46. The van der Waals surface area contributed by atoms with Crippen molar-refractivity contribution in [3.63, 3.8) is 0 Å². The number of rotatable bonds is 0. The lowest BCUT2D eigenvalue weighted by atomic mass is 9.61. The lowest BCUT2D eigenvalue weighted by molar-refractivity contribution is 0.0179. The van der Waals surface area contributed by atoms with E-state index in [1.54, 1.807) is 0 Å². The van der Waals surface area contributed by atoms with Gasteiger partial charge in [0.25, 0.3) is 0 Å². The second-order valence-corrected chi connectivity index (χ2v) is 6.96. The summed E-state index contributed by atoms with van der Waals surface area (Å²) in [4.78, 5) is 0.156. The van der Waals surface area contributed by atoms with E-state index in [-0.39, 0.29) is 4.83 Å². The van der Waals surface area contributed by atoms with Crippen molar-refractivity contribution in [3.8, 4) is 0 Å². The fourth-order valence-electron chi connectivity index (χ4n) is 3.14. The van der Waals surface area contributed by atoms with Gasteiger partial charge in [-0.1, -0.05) is 41.4 Å². The molecule has 2 heteroatoms. The fourth-order valence-corrected chi connectivity index (χ4v) is 3.87. The highest BCUT2D eigenvalue weighted by molar-refractivity contribution is 9.09. The summed E-state index contributed by atoms with van der Waals surface area (Å²) < 4.78 is 0. The number of alkyl halides is 1. The van der Waals surface area contributed by atoms with Crippen LogP contribution in [0.1, 0.15) is 46.5 Å². The van der Waals surface area contributed by atoms with Gasteiger partial charge in [-0.25, -0.2) is 0 Å². The van der Waals surface area contributed by atoms with Gasteiger partial charge in [0.1, 0.15) is 0 Å². The first-order valence-corrected chi connectivity index (χ1v) is 6.82. The Labute approximate surface area is 101 Å². The molecule has 2 aliphatic rings. The van der Waals surface area contributed by atoms with Crippen LogP contribution in [0.25, 0.3) is 0 Å². The van der Waals surface area contributed by atoms with Crippen molar-refractivity contribution in [1.29, 1.82) is 0 Å². The molecule has 1 saturated carbocycles. The first-order chi connectivity index (χ1) is 6.84. The van der Waals surface area contributed by atoms with Crippen molar-refractivity contribution in [2.24, 2.45) is 11.3 Å². The van der Waals surface area contributed by atoms with Crippen LogP contribution < -0.4 is 0 Å². The van der Waals surface area contributed by atoms with Gasteiger partial charge in [0.15, 0.2) is 0 Å². The van der Waals surface area contributed by atoms with Gasteiger partial charge >= 0.3 is 0 Å². The number of halogens is 1. The summed E-state index contributed by atoms with van der Waals surface area (Å²) in [7, 11) is 0. The summed E-state index contributed by atoms with van der Waals surface area (Å²) in [6, 6.07) is 0. The summed E-state index contributed by atoms with van der Waals surface area (Å²) in [6.45, 7) is 6.68. The maximum atomic E-state index is 10.3. The Balaban J connectivity index is 2.31. The minimum absolute atomic E-state index is 0.156. The molecule has 1 N–H and O–H groups in total. The standard InChI is InChI=1S/C13H21BrO/c1-12(2)7-4-5-9-10(12)6-8-13(3,15)11(9)14/h5,10-11,15H,4,6-8H2,1-3H3. The SMILES string of the molecule is CC1(C)CCC=C2C1CCC(C)(O)C2Br. The monoisotopic (exact) mass is 272 g/mol. The largest absolute Gasteiger partial charge is 0.389 e. The zero-order valence-corrected chi connectivity index (χ0v) is 11.5. The van der Waals surface area contributed by atoms with Crippen molar-refractivity contribution < 1.29 is 5.11 Å². The van der Waals surface area contributed by atoms with Crippen LogP contribution >= 0.6 is 15.9 Å². The molecule has 2 aliphatic carbocycles. The van der Waals surface area contributed by atoms with Crippen molar-refractivity contribution in [2.45, 2.75) is 56.9 Å². The molecule has 1 nitrogen and oxygen atoms in total. The molecule has 0 amide bonds. The van der Waals surface area contributed by atoms with E-state index in [0.29, 0.717) is 11.3 Å². The molecule has 86 valence electrons. The van der Waals surface area contributed by atoms with Crippen LogP contribution in [0.2, 0.25) is 0 Å². The van der Waals surface area contributed by atoms with Gasteiger partial charge in [0.2, 0.25) is 0 Å². The molecule has 1 fully saturated rings. The Morgan fingerprint density at radius 3 is 2.67 bits per heavy atom. The summed E-state index contributed by atoms with van der Waals surface area (Å²) in [6.07, 6.45) is 6.84. The topological polar surface area (TPSA) is 20.2 Å². The summed E-state index contributed by atoms with van der Waals surface area (Å²) >= 11 is 3.68. The molecule has 15 heavy (non-hydrogen) atoms. The Bertz CT molecular complexity index is 291. The molecule has 3 unspecified atom stereocenters. The van der Waals surface area contributed by atoms with Gasteiger partial charge in [-0.15, -0.1) is 0 Å². The van der Waals surface area contributed by atoms with E-state index >= 15 is 0 Å². The van der Waals surface area contributed by atoms with E-state index in [1.165, 1.54) is 12.0 Å². The quantitative estimate of drug-likeness (QED) is 0.527. The molecule has 0 saturated heterocycles. The third-order valence-corrected chi connectivity index (χ3v) is 5.81. The maximum Gasteiger partial charge on any atom is 0.0782 e. The van der Waals surface area contributed by atoms with E-state index in [2.05, 4.69) is 35.9 Å². The molecule has 0 aromatic carbocycles. The van der Waals surface area contributed by atoms with Crippen LogP contribution in [0.5, 0.6) is 0 Å². The zero-order valence-electron chi connectivity index (χ0n) is 9.89. The predicted octanol–water partition coefficient (Wildman–Crippen LogP) is 3.66. The maximum absolute atomic E-state index is 10.3. The summed E-state index contributed by atoms with van der Waals surface area (Å²) in [5, 5.41) is 10.3. The van der Waals surface area contributed by atoms with Crippen LogP contribution in [0.4, 0.5) is 0 Å². The molecular formula is C13H21BrO. The Morgan fingerprint density at radius 1 is 1.33 bits per heavy atom.